The summed E-state index contributed by atoms with van der Waals surface area (Å²) in [6.45, 7) is -0.596. The van der Waals surface area contributed by atoms with Crippen molar-refractivity contribution in [2.45, 2.75) is 12.5 Å². The van der Waals surface area contributed by atoms with Gasteiger partial charge in [-0.1, -0.05) is 29.3 Å². The summed E-state index contributed by atoms with van der Waals surface area (Å²) in [6.07, 6.45) is -0.432. The maximum Gasteiger partial charge on any atom is 0.341 e. The van der Waals surface area contributed by atoms with Gasteiger partial charge in [0.1, 0.15) is 12.6 Å². The van der Waals surface area contributed by atoms with Gasteiger partial charge in [0.15, 0.2) is 5.78 Å². The number of Topliss-reactive ketones (excluding diaryl/α,β-unsaturated/α-hetero) is 1. The normalized spacial score (nSPS) is 11.8. The molecule has 0 heterocycles. The second-order valence-corrected chi connectivity index (χ2v) is 4.67. The molecule has 0 bridgehead atoms. The maximum absolute atomic E-state index is 11.7. The molecule has 1 aromatic rings. The molecule has 1 rings (SSSR count). The van der Waals surface area contributed by atoms with Crippen LogP contribution in [0.25, 0.3) is 0 Å². The van der Waals surface area contributed by atoms with E-state index in [1.54, 1.807) is 6.07 Å². The highest BCUT2D eigenvalue weighted by molar-refractivity contribution is 6.39. The minimum atomic E-state index is -1.33. The van der Waals surface area contributed by atoms with Crippen molar-refractivity contribution in [1.29, 1.82) is 0 Å². The molecule has 1 aromatic carbocycles. The van der Waals surface area contributed by atoms with Crippen LogP contribution in [-0.4, -0.2) is 35.5 Å². The zero-order valence-electron chi connectivity index (χ0n) is 10.1. The smallest absolute Gasteiger partial charge is 0.341 e. The Kier molecular flexibility index (Phi) is 5.94. The van der Waals surface area contributed by atoms with Gasteiger partial charge in [0, 0.05) is 6.42 Å². The number of rotatable bonds is 6. The quantitative estimate of drug-likeness (QED) is 0.770. The number of hydrogen-bond donors (Lipinski definition) is 2. The second kappa shape index (κ2) is 7.23. The molecule has 0 aliphatic carbocycles. The van der Waals surface area contributed by atoms with Crippen LogP contribution in [0.5, 0.6) is 0 Å². The first-order valence-corrected chi connectivity index (χ1v) is 6.19. The fourth-order valence-corrected chi connectivity index (χ4v) is 1.85. The van der Waals surface area contributed by atoms with Gasteiger partial charge in [0.25, 0.3) is 0 Å². The summed E-state index contributed by atoms with van der Waals surface area (Å²) >= 11 is 11.6. The lowest BCUT2D eigenvalue weighted by molar-refractivity contribution is -0.140. The van der Waals surface area contributed by atoms with E-state index in [2.05, 4.69) is 0 Å². The van der Waals surface area contributed by atoms with Crippen molar-refractivity contribution in [3.8, 4) is 0 Å². The zero-order chi connectivity index (χ0) is 15.3. The number of ketones is 1. The number of nitrogens with two attached hydrogens (primary N) is 1. The molecule has 0 aliphatic heterocycles. The largest absolute Gasteiger partial charge is 0.480 e. The maximum atomic E-state index is 11.7. The number of carbonyl (C=O) groups excluding carboxylic acids is 2. The molecule has 0 saturated heterocycles. The van der Waals surface area contributed by atoms with E-state index in [9.17, 15) is 14.4 Å². The molecule has 0 amide bonds. The fourth-order valence-electron chi connectivity index (χ4n) is 1.30. The Labute approximate surface area is 124 Å². The Morgan fingerprint density at radius 1 is 1.25 bits per heavy atom. The van der Waals surface area contributed by atoms with Gasteiger partial charge >= 0.3 is 11.9 Å². The standard InChI is InChI=1S/C12H11Cl2NO5/c13-7-2-1-3-8(14)10(7)12(19)20-5-6(16)4-9(15)11(17)18/h1-3,9H,4-5,15H2,(H,17,18). The molecule has 108 valence electrons. The van der Waals surface area contributed by atoms with Gasteiger partial charge in [-0.2, -0.15) is 0 Å². The molecule has 0 spiro atoms. The molecule has 20 heavy (non-hydrogen) atoms. The lowest BCUT2D eigenvalue weighted by atomic mass is 10.1. The molecule has 3 N–H and O–H groups in total. The Hall–Kier alpha value is -1.63. The molecular weight excluding hydrogens is 309 g/mol. The molecule has 0 radical (unpaired) electrons. The van der Waals surface area contributed by atoms with Crippen molar-refractivity contribution in [3.63, 3.8) is 0 Å². The Bertz CT molecular complexity index is 526. The lowest BCUT2D eigenvalue weighted by Gasteiger charge is -2.08. The van der Waals surface area contributed by atoms with Gasteiger partial charge in [0.2, 0.25) is 0 Å². The molecule has 0 fully saturated rings. The van der Waals surface area contributed by atoms with E-state index in [0.717, 1.165) is 0 Å². The lowest BCUT2D eigenvalue weighted by Crippen LogP contribution is -2.33. The van der Waals surface area contributed by atoms with E-state index in [-0.39, 0.29) is 15.6 Å². The molecule has 1 atom stereocenters. The Morgan fingerprint density at radius 3 is 2.30 bits per heavy atom. The minimum Gasteiger partial charge on any atom is -0.480 e. The Balaban J connectivity index is 2.60. The summed E-state index contributed by atoms with van der Waals surface area (Å²) in [6, 6.07) is 3.13. The van der Waals surface area contributed by atoms with E-state index in [4.69, 9.17) is 38.8 Å². The highest BCUT2D eigenvalue weighted by atomic mass is 35.5. The van der Waals surface area contributed by atoms with Crippen LogP contribution < -0.4 is 5.73 Å². The summed E-state index contributed by atoms with van der Waals surface area (Å²) in [5, 5.41) is 8.73. The van der Waals surface area contributed by atoms with Crippen LogP contribution in [0.1, 0.15) is 16.8 Å². The first-order valence-electron chi connectivity index (χ1n) is 5.44. The molecular formula is C12H11Cl2NO5. The predicted molar refractivity (Wildman–Crippen MR) is 72.0 cm³/mol. The average Bonchev–Trinajstić information content (AvgIpc) is 2.36. The predicted octanol–water partition coefficient (Wildman–Crippen LogP) is 1.52. The average molecular weight is 320 g/mol. The fraction of sp³-hybridized carbons (Fsp3) is 0.250. The third-order valence-electron chi connectivity index (χ3n) is 2.30. The molecule has 8 heteroatoms. The summed E-state index contributed by atoms with van der Waals surface area (Å²) in [5.74, 6) is -2.78. The van der Waals surface area contributed by atoms with Gasteiger partial charge in [0.05, 0.1) is 15.6 Å². The summed E-state index contributed by atoms with van der Waals surface area (Å²) < 4.78 is 4.73. The zero-order valence-corrected chi connectivity index (χ0v) is 11.6. The van der Waals surface area contributed by atoms with Crippen LogP contribution in [0, 0.1) is 0 Å². The SMILES string of the molecule is NC(CC(=O)COC(=O)c1c(Cl)cccc1Cl)C(=O)O. The highest BCUT2D eigenvalue weighted by Crippen LogP contribution is 2.24. The number of hydrogen-bond acceptors (Lipinski definition) is 5. The van der Waals surface area contributed by atoms with E-state index in [0.29, 0.717) is 0 Å². The van der Waals surface area contributed by atoms with Crippen molar-refractivity contribution < 1.29 is 24.2 Å². The molecule has 0 saturated carbocycles. The molecule has 6 nitrogen and oxygen atoms in total. The highest BCUT2D eigenvalue weighted by Gasteiger charge is 2.20. The number of carboxylic acids is 1. The third kappa shape index (κ3) is 4.48. The van der Waals surface area contributed by atoms with Gasteiger partial charge < -0.3 is 15.6 Å². The Morgan fingerprint density at radius 2 is 1.80 bits per heavy atom. The van der Waals surface area contributed by atoms with Crippen LogP contribution in [-0.2, 0) is 14.3 Å². The van der Waals surface area contributed by atoms with Gasteiger partial charge in [-0.05, 0) is 12.1 Å². The van der Waals surface area contributed by atoms with Crippen molar-refractivity contribution in [3.05, 3.63) is 33.8 Å². The van der Waals surface area contributed by atoms with Crippen molar-refractivity contribution in [2.24, 2.45) is 5.73 Å². The van der Waals surface area contributed by atoms with E-state index < -0.39 is 36.8 Å². The van der Waals surface area contributed by atoms with Crippen LogP contribution in [0.15, 0.2) is 18.2 Å². The van der Waals surface area contributed by atoms with E-state index >= 15 is 0 Å². The second-order valence-electron chi connectivity index (χ2n) is 3.86. The topological polar surface area (TPSA) is 107 Å². The number of esters is 1. The summed E-state index contributed by atoms with van der Waals surface area (Å²) in [5.41, 5.74) is 5.13. The minimum absolute atomic E-state index is 0.0498. The van der Waals surface area contributed by atoms with Crippen molar-refractivity contribution in [2.75, 3.05) is 6.61 Å². The van der Waals surface area contributed by atoms with E-state index in [1.165, 1.54) is 12.1 Å². The summed E-state index contributed by atoms with van der Waals surface area (Å²) in [4.78, 5) is 33.6. The molecule has 0 aliphatic rings. The number of carbonyl (C=O) groups is 3. The third-order valence-corrected chi connectivity index (χ3v) is 2.93. The van der Waals surface area contributed by atoms with Gasteiger partial charge in [-0.25, -0.2) is 4.79 Å². The van der Waals surface area contributed by atoms with E-state index in [1.807, 2.05) is 0 Å². The van der Waals surface area contributed by atoms with Crippen LogP contribution in [0.2, 0.25) is 10.0 Å². The number of halogens is 2. The number of benzene rings is 1. The first kappa shape index (κ1) is 16.4. The molecule has 0 aromatic heterocycles. The molecule has 1 unspecified atom stereocenters. The number of ether oxygens (including phenoxy) is 1. The van der Waals surface area contributed by atoms with Crippen LogP contribution in [0.3, 0.4) is 0 Å². The van der Waals surface area contributed by atoms with Crippen molar-refractivity contribution in [1.82, 2.24) is 0 Å². The first-order chi connectivity index (χ1) is 9.32. The van der Waals surface area contributed by atoms with Gasteiger partial charge in [-0.15, -0.1) is 0 Å². The summed E-state index contributed by atoms with van der Waals surface area (Å²) in [7, 11) is 0. The number of carboxylic acid groups (broad SMARTS) is 1. The monoisotopic (exact) mass is 319 g/mol. The van der Waals surface area contributed by atoms with Crippen LogP contribution >= 0.6 is 23.2 Å². The van der Waals surface area contributed by atoms with Crippen LogP contribution in [0.4, 0.5) is 0 Å². The number of aliphatic carboxylic acids is 1. The van der Waals surface area contributed by atoms with Gasteiger partial charge in [-0.3, -0.25) is 9.59 Å². The van der Waals surface area contributed by atoms with Crippen molar-refractivity contribution >= 4 is 40.9 Å².